The number of aromatic nitrogens is 3. The molecule has 1 unspecified atom stereocenters. The number of imidazole rings is 1. The van der Waals surface area contributed by atoms with Gasteiger partial charge < -0.3 is 4.98 Å². The lowest BCUT2D eigenvalue weighted by atomic mass is 10.0. The Bertz CT molecular complexity index is 581. The molecule has 0 amide bonds. The topological polar surface area (TPSA) is 53.6 Å². The Morgan fingerprint density at radius 1 is 0.950 bits per heavy atom. The van der Waals surface area contributed by atoms with Gasteiger partial charge in [-0.1, -0.05) is 36.4 Å². The third kappa shape index (κ3) is 2.92. The number of rotatable bonds is 5. The Hall–Kier alpha value is -2.46. The first-order valence-electron chi connectivity index (χ1n) is 6.61. The summed E-state index contributed by atoms with van der Waals surface area (Å²) in [4.78, 5) is 11.8. The van der Waals surface area contributed by atoms with E-state index in [1.807, 2.05) is 48.8 Å². The first-order valence-corrected chi connectivity index (χ1v) is 6.61. The van der Waals surface area contributed by atoms with E-state index in [1.54, 1.807) is 6.20 Å². The molecule has 0 radical (unpaired) electrons. The first kappa shape index (κ1) is 12.6. The van der Waals surface area contributed by atoms with Gasteiger partial charge in [0.25, 0.3) is 0 Å². The van der Waals surface area contributed by atoms with Crippen LogP contribution in [0.25, 0.3) is 0 Å². The molecule has 20 heavy (non-hydrogen) atoms. The minimum absolute atomic E-state index is 0.0579. The summed E-state index contributed by atoms with van der Waals surface area (Å²) in [5.74, 6) is 0.918. The van der Waals surface area contributed by atoms with E-state index in [1.165, 1.54) is 5.56 Å². The summed E-state index contributed by atoms with van der Waals surface area (Å²) >= 11 is 0. The van der Waals surface area contributed by atoms with Gasteiger partial charge in [0.05, 0.1) is 18.3 Å². The normalized spacial score (nSPS) is 12.2. The lowest BCUT2D eigenvalue weighted by molar-refractivity contribution is 0.578. The zero-order valence-corrected chi connectivity index (χ0v) is 11.0. The molecule has 3 rings (SSSR count). The van der Waals surface area contributed by atoms with Crippen molar-refractivity contribution >= 4 is 0 Å². The van der Waals surface area contributed by atoms with E-state index in [4.69, 9.17) is 0 Å². The maximum atomic E-state index is 4.46. The summed E-state index contributed by atoms with van der Waals surface area (Å²) < 4.78 is 0. The molecular formula is C16H16N4. The van der Waals surface area contributed by atoms with Crippen LogP contribution in [0.5, 0.6) is 0 Å². The van der Waals surface area contributed by atoms with Gasteiger partial charge >= 0.3 is 0 Å². The highest BCUT2D eigenvalue weighted by Crippen LogP contribution is 2.20. The number of nitrogens with one attached hydrogen (secondary N) is 2. The minimum atomic E-state index is 0.0579. The fourth-order valence-corrected chi connectivity index (χ4v) is 2.18. The number of pyridine rings is 1. The molecule has 2 N–H and O–H groups in total. The minimum Gasteiger partial charge on any atom is -0.348 e. The summed E-state index contributed by atoms with van der Waals surface area (Å²) in [5.41, 5.74) is 2.20. The van der Waals surface area contributed by atoms with E-state index >= 15 is 0 Å². The number of benzene rings is 1. The Balaban J connectivity index is 1.84. The molecule has 2 aromatic heterocycles. The Morgan fingerprint density at radius 2 is 1.80 bits per heavy atom. The van der Waals surface area contributed by atoms with E-state index in [0.29, 0.717) is 6.54 Å². The summed E-state index contributed by atoms with van der Waals surface area (Å²) in [6.45, 7) is 0.670. The Kier molecular flexibility index (Phi) is 3.85. The molecule has 0 spiro atoms. The van der Waals surface area contributed by atoms with E-state index in [-0.39, 0.29) is 6.04 Å². The van der Waals surface area contributed by atoms with Crippen LogP contribution >= 0.6 is 0 Å². The highest BCUT2D eigenvalue weighted by Gasteiger charge is 2.14. The van der Waals surface area contributed by atoms with Crippen LogP contribution in [-0.4, -0.2) is 15.0 Å². The summed E-state index contributed by atoms with van der Waals surface area (Å²) in [5, 5.41) is 3.50. The molecule has 1 atom stereocenters. The Labute approximate surface area is 117 Å². The van der Waals surface area contributed by atoms with Crippen LogP contribution in [0.2, 0.25) is 0 Å². The molecule has 0 bridgehead atoms. The molecular weight excluding hydrogens is 248 g/mol. The van der Waals surface area contributed by atoms with Crippen molar-refractivity contribution in [3.8, 4) is 0 Å². The fourth-order valence-electron chi connectivity index (χ4n) is 2.18. The predicted octanol–water partition coefficient (Wildman–Crippen LogP) is 2.68. The number of hydrogen-bond donors (Lipinski definition) is 2. The van der Waals surface area contributed by atoms with Gasteiger partial charge in [0.15, 0.2) is 0 Å². The van der Waals surface area contributed by atoms with Crippen LogP contribution in [0.3, 0.4) is 0 Å². The van der Waals surface area contributed by atoms with Crippen molar-refractivity contribution in [3.05, 3.63) is 84.2 Å². The van der Waals surface area contributed by atoms with Crippen LogP contribution in [0.1, 0.15) is 23.1 Å². The molecule has 2 heterocycles. The van der Waals surface area contributed by atoms with E-state index < -0.39 is 0 Å². The molecule has 4 heteroatoms. The average Bonchev–Trinajstić information content (AvgIpc) is 3.03. The molecule has 0 aliphatic carbocycles. The SMILES string of the molecule is c1ccc(C(NCc2ncc[nH]2)c2ccccn2)cc1. The van der Waals surface area contributed by atoms with Crippen molar-refractivity contribution in [2.45, 2.75) is 12.6 Å². The van der Waals surface area contributed by atoms with Gasteiger partial charge in [-0.2, -0.15) is 0 Å². The van der Waals surface area contributed by atoms with Crippen LogP contribution in [0, 0.1) is 0 Å². The monoisotopic (exact) mass is 264 g/mol. The number of nitrogens with zero attached hydrogens (tertiary/aromatic N) is 2. The van der Waals surface area contributed by atoms with Gasteiger partial charge in [0.2, 0.25) is 0 Å². The summed E-state index contributed by atoms with van der Waals surface area (Å²) in [7, 11) is 0. The van der Waals surface area contributed by atoms with E-state index in [0.717, 1.165) is 11.5 Å². The first-order chi connectivity index (χ1) is 9.93. The van der Waals surface area contributed by atoms with Crippen LogP contribution in [0.15, 0.2) is 67.1 Å². The van der Waals surface area contributed by atoms with E-state index in [2.05, 4.69) is 32.4 Å². The van der Waals surface area contributed by atoms with Gasteiger partial charge in [-0.3, -0.25) is 10.3 Å². The van der Waals surface area contributed by atoms with Gasteiger partial charge in [-0.15, -0.1) is 0 Å². The number of hydrogen-bond acceptors (Lipinski definition) is 3. The maximum Gasteiger partial charge on any atom is 0.120 e. The lowest BCUT2D eigenvalue weighted by Crippen LogP contribution is -2.23. The van der Waals surface area contributed by atoms with E-state index in [9.17, 15) is 0 Å². The summed E-state index contributed by atoms with van der Waals surface area (Å²) in [6, 6.07) is 16.3. The molecule has 3 aromatic rings. The number of H-pyrrole nitrogens is 1. The van der Waals surface area contributed by atoms with Crippen molar-refractivity contribution in [2.24, 2.45) is 0 Å². The summed E-state index contributed by atoms with van der Waals surface area (Å²) in [6.07, 6.45) is 5.41. The van der Waals surface area contributed by atoms with Crippen molar-refractivity contribution in [3.63, 3.8) is 0 Å². The van der Waals surface area contributed by atoms with Crippen molar-refractivity contribution in [2.75, 3.05) is 0 Å². The van der Waals surface area contributed by atoms with Crippen LogP contribution in [0.4, 0.5) is 0 Å². The van der Waals surface area contributed by atoms with Gasteiger partial charge in [-0.05, 0) is 17.7 Å². The predicted molar refractivity (Wildman–Crippen MR) is 77.9 cm³/mol. The standard InChI is InChI=1S/C16H16N4/c1-2-6-13(7-3-1)16(14-8-4-5-9-17-14)20-12-15-18-10-11-19-15/h1-11,16,20H,12H2,(H,18,19). The van der Waals surface area contributed by atoms with Crippen molar-refractivity contribution in [1.29, 1.82) is 0 Å². The highest BCUT2D eigenvalue weighted by atomic mass is 15.0. The third-order valence-electron chi connectivity index (χ3n) is 3.14. The van der Waals surface area contributed by atoms with Crippen LogP contribution < -0.4 is 5.32 Å². The smallest absolute Gasteiger partial charge is 0.120 e. The maximum absolute atomic E-state index is 4.46. The molecule has 4 nitrogen and oxygen atoms in total. The third-order valence-corrected chi connectivity index (χ3v) is 3.14. The second-order valence-electron chi connectivity index (χ2n) is 4.52. The molecule has 0 aliphatic rings. The van der Waals surface area contributed by atoms with Gasteiger partial charge in [0, 0.05) is 18.6 Å². The second kappa shape index (κ2) is 6.12. The van der Waals surface area contributed by atoms with Crippen LogP contribution in [-0.2, 0) is 6.54 Å². The lowest BCUT2D eigenvalue weighted by Gasteiger charge is -2.18. The number of aromatic amines is 1. The zero-order valence-electron chi connectivity index (χ0n) is 11.0. The van der Waals surface area contributed by atoms with Gasteiger partial charge in [-0.25, -0.2) is 4.98 Å². The Morgan fingerprint density at radius 3 is 2.50 bits per heavy atom. The van der Waals surface area contributed by atoms with Crippen molar-refractivity contribution < 1.29 is 0 Å². The zero-order chi connectivity index (χ0) is 13.6. The largest absolute Gasteiger partial charge is 0.348 e. The fraction of sp³-hybridized carbons (Fsp3) is 0.125. The molecule has 100 valence electrons. The molecule has 0 saturated carbocycles. The second-order valence-corrected chi connectivity index (χ2v) is 4.52. The molecule has 0 saturated heterocycles. The van der Waals surface area contributed by atoms with Crippen molar-refractivity contribution in [1.82, 2.24) is 20.3 Å². The quantitative estimate of drug-likeness (QED) is 0.745. The molecule has 0 aliphatic heterocycles. The average molecular weight is 264 g/mol. The molecule has 1 aromatic carbocycles. The highest BCUT2D eigenvalue weighted by molar-refractivity contribution is 5.27. The molecule has 0 fully saturated rings. The van der Waals surface area contributed by atoms with Gasteiger partial charge in [0.1, 0.15) is 5.82 Å².